The summed E-state index contributed by atoms with van der Waals surface area (Å²) in [5.41, 5.74) is 0.167. The summed E-state index contributed by atoms with van der Waals surface area (Å²) in [4.78, 5) is 15.3. The van der Waals surface area contributed by atoms with Crippen LogP contribution in [-0.2, 0) is 7.05 Å². The van der Waals surface area contributed by atoms with Gasteiger partial charge in [-0.15, -0.1) is 0 Å². The van der Waals surface area contributed by atoms with Gasteiger partial charge in [-0.05, 0) is 12.1 Å². The third-order valence-corrected chi connectivity index (χ3v) is 2.24. The number of methoxy groups -OCH3 is 1. The van der Waals surface area contributed by atoms with E-state index in [9.17, 15) is 9.18 Å². The van der Waals surface area contributed by atoms with E-state index in [4.69, 9.17) is 4.74 Å². The Hall–Kier alpha value is -2.44. The maximum Gasteiger partial charge on any atom is 0.277 e. The van der Waals surface area contributed by atoms with Crippen molar-refractivity contribution in [2.45, 2.75) is 0 Å². The highest BCUT2D eigenvalue weighted by Crippen LogP contribution is 2.12. The Morgan fingerprint density at radius 1 is 1.50 bits per heavy atom. The van der Waals surface area contributed by atoms with E-state index in [1.54, 1.807) is 7.05 Å². The summed E-state index contributed by atoms with van der Waals surface area (Å²) < 4.78 is 19.3. The Labute approximate surface area is 102 Å². The molecule has 0 aliphatic heterocycles. The van der Waals surface area contributed by atoms with Crippen LogP contribution >= 0.6 is 0 Å². The lowest BCUT2D eigenvalue weighted by Gasteiger charge is -2.01. The summed E-state index contributed by atoms with van der Waals surface area (Å²) in [7, 11) is 3.13. The fraction of sp³-hybridized carbons (Fsp3) is 0.182. The van der Waals surface area contributed by atoms with Crippen LogP contribution < -0.4 is 10.1 Å². The number of hydrogen-bond acceptors (Lipinski definition) is 4. The first-order valence-corrected chi connectivity index (χ1v) is 5.12. The van der Waals surface area contributed by atoms with Gasteiger partial charge in [-0.3, -0.25) is 4.79 Å². The summed E-state index contributed by atoms with van der Waals surface area (Å²) in [5, 5.41) is 6.40. The highest BCUT2D eigenvalue weighted by molar-refractivity contribution is 6.02. The van der Waals surface area contributed by atoms with Crippen LogP contribution in [0.15, 0.2) is 24.3 Å². The van der Waals surface area contributed by atoms with E-state index in [1.807, 2.05) is 0 Å². The van der Waals surface area contributed by atoms with Crippen LogP contribution in [-0.4, -0.2) is 27.8 Å². The molecule has 0 saturated carbocycles. The molecule has 0 aliphatic carbocycles. The van der Waals surface area contributed by atoms with Crippen LogP contribution in [0, 0.1) is 5.95 Å². The smallest absolute Gasteiger partial charge is 0.277 e. The molecular weight excluding hydrogens is 239 g/mol. The first-order valence-electron chi connectivity index (χ1n) is 5.12. The van der Waals surface area contributed by atoms with Crippen molar-refractivity contribution in [1.82, 2.24) is 14.8 Å². The predicted molar refractivity (Wildman–Crippen MR) is 61.9 cm³/mol. The highest BCUT2D eigenvalue weighted by atomic mass is 19.1. The van der Waals surface area contributed by atoms with Crippen molar-refractivity contribution >= 4 is 11.7 Å². The van der Waals surface area contributed by atoms with Crippen LogP contribution in [0.25, 0.3) is 0 Å². The van der Waals surface area contributed by atoms with Gasteiger partial charge in [0, 0.05) is 13.1 Å². The lowest BCUT2D eigenvalue weighted by Crippen LogP contribution is -2.14. The van der Waals surface area contributed by atoms with Gasteiger partial charge in [0.15, 0.2) is 5.69 Å². The predicted octanol–water partition coefficient (Wildman–Crippen LogP) is 1.22. The topological polar surface area (TPSA) is 69.0 Å². The number of nitrogens with zero attached hydrogens (tertiary/aromatic N) is 3. The fourth-order valence-electron chi connectivity index (χ4n) is 1.41. The molecular formula is C11H11FN4O2. The molecule has 94 valence electrons. The van der Waals surface area contributed by atoms with Crippen LogP contribution in [0.2, 0.25) is 0 Å². The molecule has 0 spiro atoms. The van der Waals surface area contributed by atoms with E-state index in [-0.39, 0.29) is 11.5 Å². The van der Waals surface area contributed by atoms with Gasteiger partial charge in [0.05, 0.1) is 7.11 Å². The highest BCUT2D eigenvalue weighted by Gasteiger charge is 2.13. The zero-order chi connectivity index (χ0) is 13.1. The first kappa shape index (κ1) is 12.0. The second-order valence-corrected chi connectivity index (χ2v) is 3.50. The normalized spacial score (nSPS) is 10.2. The van der Waals surface area contributed by atoms with E-state index >= 15 is 0 Å². The molecule has 0 bridgehead atoms. The number of rotatable bonds is 3. The van der Waals surface area contributed by atoms with Crippen molar-refractivity contribution in [2.24, 2.45) is 7.05 Å². The minimum Gasteiger partial charge on any atom is -0.481 e. The molecule has 2 heterocycles. The fourth-order valence-corrected chi connectivity index (χ4v) is 1.41. The van der Waals surface area contributed by atoms with E-state index in [2.05, 4.69) is 15.4 Å². The third-order valence-electron chi connectivity index (χ3n) is 2.24. The molecule has 0 saturated heterocycles. The van der Waals surface area contributed by atoms with Crippen LogP contribution in [0.5, 0.6) is 5.88 Å². The van der Waals surface area contributed by atoms with Crippen LogP contribution in [0.4, 0.5) is 10.2 Å². The summed E-state index contributed by atoms with van der Waals surface area (Å²) >= 11 is 0. The first-order chi connectivity index (χ1) is 8.60. The minimum absolute atomic E-state index is 0.129. The number of ether oxygens (including phenoxy) is 1. The molecule has 2 aromatic heterocycles. The molecule has 1 N–H and O–H groups in total. The number of carbonyl (C=O) groups is 1. The summed E-state index contributed by atoms with van der Waals surface area (Å²) in [5.74, 6) is -0.560. The van der Waals surface area contributed by atoms with Gasteiger partial charge in [-0.2, -0.15) is 9.49 Å². The zero-order valence-electron chi connectivity index (χ0n) is 9.85. The monoisotopic (exact) mass is 250 g/mol. The van der Waals surface area contributed by atoms with Gasteiger partial charge in [-0.1, -0.05) is 6.07 Å². The molecule has 1 amide bonds. The molecule has 0 unspecified atom stereocenters. The summed E-state index contributed by atoms with van der Waals surface area (Å²) in [6, 6.07) is 5.62. The quantitative estimate of drug-likeness (QED) is 0.831. The lowest BCUT2D eigenvalue weighted by molar-refractivity contribution is 0.102. The van der Waals surface area contributed by atoms with Gasteiger partial charge >= 0.3 is 0 Å². The lowest BCUT2D eigenvalue weighted by atomic mass is 10.4. The molecule has 2 aromatic rings. The van der Waals surface area contributed by atoms with Crippen LogP contribution in [0.3, 0.4) is 0 Å². The number of anilines is 1. The van der Waals surface area contributed by atoms with Gasteiger partial charge in [0.2, 0.25) is 11.8 Å². The van der Waals surface area contributed by atoms with E-state index < -0.39 is 11.9 Å². The van der Waals surface area contributed by atoms with E-state index in [0.29, 0.717) is 5.88 Å². The molecule has 0 aromatic carbocycles. The average Bonchev–Trinajstić information content (AvgIpc) is 2.70. The van der Waals surface area contributed by atoms with Crippen molar-refractivity contribution in [3.63, 3.8) is 0 Å². The van der Waals surface area contributed by atoms with Crippen molar-refractivity contribution in [3.05, 3.63) is 35.9 Å². The molecule has 0 aliphatic rings. The molecule has 0 fully saturated rings. The largest absolute Gasteiger partial charge is 0.481 e. The van der Waals surface area contributed by atoms with Crippen molar-refractivity contribution < 1.29 is 13.9 Å². The Morgan fingerprint density at radius 3 is 2.89 bits per heavy atom. The van der Waals surface area contributed by atoms with Crippen molar-refractivity contribution in [3.8, 4) is 5.88 Å². The second kappa shape index (κ2) is 4.82. The molecule has 6 nitrogen and oxygen atoms in total. The van der Waals surface area contributed by atoms with Crippen molar-refractivity contribution in [1.29, 1.82) is 0 Å². The Bertz CT molecular complexity index is 582. The average molecular weight is 250 g/mol. The number of amides is 1. The maximum atomic E-state index is 12.8. The molecule has 0 radical (unpaired) electrons. The van der Waals surface area contributed by atoms with Gasteiger partial charge in [-0.25, -0.2) is 9.67 Å². The maximum absolute atomic E-state index is 12.8. The molecule has 0 atom stereocenters. The minimum atomic E-state index is -0.661. The number of nitrogens with one attached hydrogen (secondary N) is 1. The van der Waals surface area contributed by atoms with Gasteiger partial charge < -0.3 is 10.1 Å². The Morgan fingerprint density at radius 2 is 2.28 bits per heavy atom. The molecule has 7 heteroatoms. The Balaban J connectivity index is 2.16. The summed E-state index contributed by atoms with van der Waals surface area (Å²) in [6.07, 6.45) is 0. The zero-order valence-corrected chi connectivity index (χ0v) is 9.85. The van der Waals surface area contributed by atoms with E-state index in [0.717, 1.165) is 0 Å². The summed E-state index contributed by atoms with van der Waals surface area (Å²) in [6.45, 7) is 0. The number of halogens is 1. The number of hydrogen-bond donors (Lipinski definition) is 1. The van der Waals surface area contributed by atoms with Crippen LogP contribution in [0.1, 0.15) is 10.5 Å². The van der Waals surface area contributed by atoms with Gasteiger partial charge in [0.25, 0.3) is 5.91 Å². The Kier molecular flexibility index (Phi) is 3.22. The number of carbonyl (C=O) groups excluding carboxylic acids is 1. The van der Waals surface area contributed by atoms with Crippen molar-refractivity contribution in [2.75, 3.05) is 12.4 Å². The molecule has 2 rings (SSSR count). The number of aromatic nitrogens is 3. The number of aryl methyl sites for hydroxylation is 1. The third kappa shape index (κ3) is 2.45. The standard InChI is InChI=1S/C11H11FN4O2/c1-16-10(18-2)6-7(15-16)11(17)14-9-5-3-4-8(12)13-9/h3-6H,1-2H3,(H,13,14,17). The van der Waals surface area contributed by atoms with Gasteiger partial charge in [0.1, 0.15) is 5.82 Å². The van der Waals surface area contributed by atoms with E-state index in [1.165, 1.54) is 36.1 Å². The second-order valence-electron chi connectivity index (χ2n) is 3.50. The number of pyridine rings is 1. The molecule has 18 heavy (non-hydrogen) atoms. The SMILES string of the molecule is COc1cc(C(=O)Nc2cccc(F)n2)nn1C.